The summed E-state index contributed by atoms with van der Waals surface area (Å²) in [4.78, 5) is 24.3. The molecule has 3 N–H and O–H groups in total. The Morgan fingerprint density at radius 1 is 1.35 bits per heavy atom. The van der Waals surface area contributed by atoms with Crippen molar-refractivity contribution in [3.63, 3.8) is 0 Å². The highest BCUT2D eigenvalue weighted by Crippen LogP contribution is 2.31. The fourth-order valence-electron chi connectivity index (χ4n) is 2.45. The number of hydrogen-bond acceptors (Lipinski definition) is 4. The van der Waals surface area contributed by atoms with Crippen LogP contribution in [0.5, 0.6) is 0 Å². The highest BCUT2D eigenvalue weighted by atomic mass is 16.6. The zero-order valence-electron chi connectivity index (χ0n) is 13.7. The molecule has 7 nitrogen and oxygen atoms in total. The van der Waals surface area contributed by atoms with Gasteiger partial charge < -0.3 is 15.5 Å². The van der Waals surface area contributed by atoms with Crippen LogP contribution in [0.2, 0.25) is 0 Å². The molecule has 0 bridgehead atoms. The Labute approximate surface area is 136 Å². The van der Waals surface area contributed by atoms with E-state index in [1.807, 2.05) is 0 Å². The number of hydrogen-bond donors (Lipinski definition) is 3. The van der Waals surface area contributed by atoms with Crippen LogP contribution in [-0.4, -0.2) is 43.1 Å². The smallest absolute Gasteiger partial charge is 0.293 e. The molecule has 7 heteroatoms. The molecule has 0 heterocycles. The molecule has 1 aliphatic rings. The molecule has 0 radical (unpaired) electrons. The van der Waals surface area contributed by atoms with Crippen LogP contribution in [0.3, 0.4) is 0 Å². The number of nitro groups is 1. The normalized spacial score (nSPS) is 13.9. The standard InChI is InChI=1S/C16H24N4O3/c1-3-19(4-2)10-9-17-16(21)12-5-8-14(18-13-6-7-13)15(11-12)20(22)23/h5,8,11,13,18H,3-4,6-7,9-10H2,1-2H3,(H,17,21)/p+1. The van der Waals surface area contributed by atoms with Gasteiger partial charge in [0.25, 0.3) is 11.6 Å². The minimum atomic E-state index is -0.443. The summed E-state index contributed by atoms with van der Waals surface area (Å²) in [5.74, 6) is -0.266. The second-order valence-corrected chi connectivity index (χ2v) is 5.87. The van der Waals surface area contributed by atoms with Gasteiger partial charge in [-0.3, -0.25) is 14.9 Å². The molecule has 1 aromatic carbocycles. The molecule has 1 amide bonds. The average molecular weight is 321 g/mol. The molecule has 2 rings (SSSR count). The lowest BCUT2D eigenvalue weighted by Crippen LogP contribution is -3.12. The number of carbonyl (C=O) groups is 1. The summed E-state index contributed by atoms with van der Waals surface area (Å²) in [5.41, 5.74) is 0.771. The van der Waals surface area contributed by atoms with Gasteiger partial charge in [-0.15, -0.1) is 0 Å². The zero-order valence-corrected chi connectivity index (χ0v) is 13.7. The van der Waals surface area contributed by atoms with Crippen molar-refractivity contribution in [2.45, 2.75) is 32.7 Å². The van der Waals surface area contributed by atoms with Crippen LogP contribution < -0.4 is 15.5 Å². The van der Waals surface area contributed by atoms with Gasteiger partial charge in [0, 0.05) is 17.7 Å². The van der Waals surface area contributed by atoms with E-state index in [2.05, 4.69) is 24.5 Å². The second-order valence-electron chi connectivity index (χ2n) is 5.87. The molecule has 1 aromatic rings. The number of likely N-dealkylation sites (N-methyl/N-ethyl adjacent to an activating group) is 1. The Hall–Kier alpha value is -2.15. The molecule has 1 aliphatic carbocycles. The van der Waals surface area contributed by atoms with Crippen LogP contribution >= 0.6 is 0 Å². The SMILES string of the molecule is CC[NH+](CC)CCNC(=O)c1ccc(NC2CC2)c([N+](=O)[O-])c1. The number of rotatable bonds is 9. The Morgan fingerprint density at radius 3 is 2.61 bits per heavy atom. The van der Waals surface area contributed by atoms with Crippen molar-refractivity contribution in [3.8, 4) is 0 Å². The van der Waals surface area contributed by atoms with Gasteiger partial charge in [-0.25, -0.2) is 0 Å². The summed E-state index contributed by atoms with van der Waals surface area (Å²) >= 11 is 0. The summed E-state index contributed by atoms with van der Waals surface area (Å²) in [6, 6.07) is 4.94. The average Bonchev–Trinajstić information content (AvgIpc) is 3.35. The maximum atomic E-state index is 12.2. The van der Waals surface area contributed by atoms with Gasteiger partial charge in [-0.1, -0.05) is 0 Å². The highest BCUT2D eigenvalue weighted by molar-refractivity contribution is 5.95. The molecule has 1 fully saturated rings. The van der Waals surface area contributed by atoms with Gasteiger partial charge in [-0.2, -0.15) is 0 Å². The topological polar surface area (TPSA) is 88.7 Å². The van der Waals surface area contributed by atoms with E-state index in [1.54, 1.807) is 12.1 Å². The third-order valence-corrected chi connectivity index (χ3v) is 4.16. The lowest BCUT2D eigenvalue weighted by molar-refractivity contribution is -0.895. The van der Waals surface area contributed by atoms with E-state index in [0.29, 0.717) is 23.8 Å². The number of nitro benzene ring substituents is 1. The fourth-order valence-corrected chi connectivity index (χ4v) is 2.45. The number of anilines is 1. The molecule has 23 heavy (non-hydrogen) atoms. The number of benzene rings is 1. The van der Waals surface area contributed by atoms with Crippen molar-refractivity contribution >= 4 is 17.3 Å². The van der Waals surface area contributed by atoms with Gasteiger partial charge >= 0.3 is 0 Å². The maximum Gasteiger partial charge on any atom is 0.293 e. The van der Waals surface area contributed by atoms with Crippen molar-refractivity contribution in [1.82, 2.24) is 5.32 Å². The van der Waals surface area contributed by atoms with Gasteiger partial charge in [-0.05, 0) is 38.8 Å². The highest BCUT2D eigenvalue weighted by Gasteiger charge is 2.25. The molecule has 0 saturated heterocycles. The van der Waals surface area contributed by atoms with E-state index in [4.69, 9.17) is 0 Å². The number of nitrogens with zero attached hydrogens (tertiary/aromatic N) is 1. The van der Waals surface area contributed by atoms with Gasteiger partial charge in [0.1, 0.15) is 5.69 Å². The van der Waals surface area contributed by atoms with Crippen molar-refractivity contribution in [3.05, 3.63) is 33.9 Å². The summed E-state index contributed by atoms with van der Waals surface area (Å²) in [6.45, 7) is 7.65. The van der Waals surface area contributed by atoms with Crippen LogP contribution in [0.25, 0.3) is 0 Å². The molecule has 0 unspecified atom stereocenters. The molecule has 1 saturated carbocycles. The van der Waals surface area contributed by atoms with Crippen LogP contribution in [0.15, 0.2) is 18.2 Å². The van der Waals surface area contributed by atoms with Gasteiger partial charge in [0.15, 0.2) is 0 Å². The molecule has 126 valence electrons. The molecule has 0 aliphatic heterocycles. The zero-order chi connectivity index (χ0) is 16.8. The van der Waals surface area contributed by atoms with Crippen molar-refractivity contribution in [2.75, 3.05) is 31.5 Å². The first-order valence-electron chi connectivity index (χ1n) is 8.21. The lowest BCUT2D eigenvalue weighted by atomic mass is 10.1. The fraction of sp³-hybridized carbons (Fsp3) is 0.562. The molecule has 0 spiro atoms. The summed E-state index contributed by atoms with van der Waals surface area (Å²) < 4.78 is 0. The predicted molar refractivity (Wildman–Crippen MR) is 89.0 cm³/mol. The Bertz CT molecular complexity index is 568. The van der Waals surface area contributed by atoms with E-state index in [-0.39, 0.29) is 11.6 Å². The van der Waals surface area contributed by atoms with E-state index in [0.717, 1.165) is 32.5 Å². The molecular formula is C16H25N4O3+. The van der Waals surface area contributed by atoms with Crippen molar-refractivity contribution in [2.24, 2.45) is 0 Å². The molecule has 0 aromatic heterocycles. The third kappa shape index (κ3) is 4.92. The Kier molecular flexibility index (Phi) is 5.92. The number of quaternary nitrogens is 1. The Morgan fingerprint density at radius 2 is 2.04 bits per heavy atom. The van der Waals surface area contributed by atoms with Crippen molar-refractivity contribution in [1.29, 1.82) is 0 Å². The summed E-state index contributed by atoms with van der Waals surface area (Å²) in [5, 5.41) is 17.2. The maximum absolute atomic E-state index is 12.2. The van der Waals surface area contributed by atoms with E-state index < -0.39 is 4.92 Å². The van der Waals surface area contributed by atoms with E-state index in [9.17, 15) is 14.9 Å². The molecule has 0 atom stereocenters. The first kappa shape index (κ1) is 17.2. The van der Waals surface area contributed by atoms with Gasteiger partial charge in [0.2, 0.25) is 0 Å². The predicted octanol–water partition coefficient (Wildman–Crippen LogP) is 0.824. The number of nitrogens with one attached hydrogen (secondary N) is 3. The number of carbonyl (C=O) groups excluding carboxylic acids is 1. The van der Waals surface area contributed by atoms with E-state index in [1.165, 1.54) is 11.0 Å². The lowest BCUT2D eigenvalue weighted by Gasteiger charge is -2.15. The minimum Gasteiger partial charge on any atom is -0.377 e. The minimum absolute atomic E-state index is 0.0427. The van der Waals surface area contributed by atoms with Crippen LogP contribution in [0.1, 0.15) is 37.0 Å². The Balaban J connectivity index is 1.99. The largest absolute Gasteiger partial charge is 0.377 e. The summed E-state index contributed by atoms with van der Waals surface area (Å²) in [6.07, 6.45) is 2.07. The first-order valence-corrected chi connectivity index (χ1v) is 8.21. The molecular weight excluding hydrogens is 296 g/mol. The van der Waals surface area contributed by atoms with Crippen LogP contribution in [0, 0.1) is 10.1 Å². The van der Waals surface area contributed by atoms with Gasteiger partial charge in [0.05, 0.1) is 31.1 Å². The third-order valence-electron chi connectivity index (χ3n) is 4.16. The van der Waals surface area contributed by atoms with Crippen LogP contribution in [0.4, 0.5) is 11.4 Å². The van der Waals surface area contributed by atoms with Crippen LogP contribution in [-0.2, 0) is 0 Å². The monoisotopic (exact) mass is 321 g/mol. The quantitative estimate of drug-likeness (QED) is 0.464. The first-order chi connectivity index (χ1) is 11.0. The van der Waals surface area contributed by atoms with E-state index >= 15 is 0 Å². The second kappa shape index (κ2) is 7.92. The summed E-state index contributed by atoms with van der Waals surface area (Å²) in [7, 11) is 0. The number of amides is 1. The van der Waals surface area contributed by atoms with Crippen molar-refractivity contribution < 1.29 is 14.6 Å².